The van der Waals surface area contributed by atoms with Gasteiger partial charge in [0.05, 0.1) is 29.8 Å². The first kappa shape index (κ1) is 23.4. The lowest BCUT2D eigenvalue weighted by atomic mass is 9.91. The van der Waals surface area contributed by atoms with Crippen molar-refractivity contribution < 1.29 is 9.53 Å². The molecule has 1 saturated carbocycles. The van der Waals surface area contributed by atoms with Gasteiger partial charge in [-0.1, -0.05) is 60.7 Å². The number of rotatable bonds is 5. The molecule has 38 heavy (non-hydrogen) atoms. The molecule has 7 rings (SSSR count). The molecule has 2 atom stereocenters. The van der Waals surface area contributed by atoms with Crippen molar-refractivity contribution >= 4 is 34.6 Å². The van der Waals surface area contributed by atoms with Gasteiger partial charge in [-0.05, 0) is 60.7 Å². The Labute approximate surface area is 222 Å². The van der Waals surface area contributed by atoms with Crippen LogP contribution in [0, 0.1) is 0 Å². The number of ether oxygens (including phenoxy) is 1. The molecule has 0 bridgehead atoms. The minimum atomic E-state index is -0.421. The van der Waals surface area contributed by atoms with Crippen LogP contribution in [-0.4, -0.2) is 47.3 Å². The van der Waals surface area contributed by atoms with Crippen molar-refractivity contribution in [2.24, 2.45) is 0 Å². The summed E-state index contributed by atoms with van der Waals surface area (Å²) in [4.78, 5) is 15.4. The number of carbonyl (C=O) groups is 1. The number of nitrogens with one attached hydrogen (secondary N) is 2. The molecule has 0 radical (unpaired) electrons. The highest BCUT2D eigenvalue weighted by molar-refractivity contribution is 6.09. The third-order valence-corrected chi connectivity index (χ3v) is 8.89. The van der Waals surface area contributed by atoms with E-state index in [-0.39, 0.29) is 17.4 Å². The van der Waals surface area contributed by atoms with E-state index in [0.717, 1.165) is 66.1 Å². The fraction of sp³-hybridized carbons (Fsp3) is 0.312. The Morgan fingerprint density at radius 3 is 2.63 bits per heavy atom. The van der Waals surface area contributed by atoms with Crippen molar-refractivity contribution in [3.8, 4) is 0 Å². The lowest BCUT2D eigenvalue weighted by Gasteiger charge is -2.41. The maximum atomic E-state index is 12.9. The Morgan fingerprint density at radius 1 is 1.03 bits per heavy atom. The summed E-state index contributed by atoms with van der Waals surface area (Å²) in [5.74, 6) is 0.314. The second-order valence-corrected chi connectivity index (χ2v) is 11.3. The molecule has 3 heterocycles. The molecule has 1 saturated heterocycles. The molecule has 1 aliphatic carbocycles. The zero-order valence-electron chi connectivity index (χ0n) is 21.8. The van der Waals surface area contributed by atoms with Gasteiger partial charge in [0.25, 0.3) is 0 Å². The van der Waals surface area contributed by atoms with Crippen molar-refractivity contribution in [3.63, 3.8) is 0 Å². The van der Waals surface area contributed by atoms with Crippen LogP contribution in [0.3, 0.4) is 0 Å². The lowest BCUT2D eigenvalue weighted by molar-refractivity contribution is -0.118. The van der Waals surface area contributed by atoms with E-state index in [2.05, 4.69) is 94.9 Å². The maximum absolute atomic E-state index is 12.9. The molecule has 2 fully saturated rings. The van der Waals surface area contributed by atoms with Gasteiger partial charge in [-0.2, -0.15) is 5.10 Å². The Hall–Kier alpha value is -3.74. The van der Waals surface area contributed by atoms with Crippen molar-refractivity contribution in [2.45, 2.75) is 37.1 Å². The molecule has 2 aliphatic heterocycles. The van der Waals surface area contributed by atoms with E-state index < -0.39 is 5.41 Å². The topological polar surface area (TPSA) is 70.2 Å². The summed E-state index contributed by atoms with van der Waals surface area (Å²) < 4.78 is 5.53. The van der Waals surface area contributed by atoms with Crippen LogP contribution in [0.2, 0.25) is 0 Å². The molecule has 1 spiro atoms. The first-order chi connectivity index (χ1) is 18.5. The molecule has 2 N–H and O–H groups in total. The fourth-order valence-corrected chi connectivity index (χ4v) is 6.44. The molecule has 6 heteroatoms. The fourth-order valence-electron chi connectivity index (χ4n) is 6.44. The average molecular weight is 505 g/mol. The minimum Gasteiger partial charge on any atom is -0.379 e. The first-order valence-corrected chi connectivity index (χ1v) is 13.5. The van der Waals surface area contributed by atoms with Gasteiger partial charge in [-0.15, -0.1) is 0 Å². The van der Waals surface area contributed by atoms with Crippen LogP contribution in [-0.2, 0) is 20.5 Å². The largest absolute Gasteiger partial charge is 0.379 e. The number of morpholine rings is 1. The van der Waals surface area contributed by atoms with Gasteiger partial charge in [0.2, 0.25) is 5.91 Å². The van der Waals surface area contributed by atoms with E-state index in [4.69, 9.17) is 4.74 Å². The summed E-state index contributed by atoms with van der Waals surface area (Å²) in [6.07, 6.45) is 5.03. The molecule has 192 valence electrons. The van der Waals surface area contributed by atoms with E-state index in [1.54, 1.807) is 0 Å². The Morgan fingerprint density at radius 2 is 1.82 bits per heavy atom. The summed E-state index contributed by atoms with van der Waals surface area (Å²) in [7, 11) is 0. The van der Waals surface area contributed by atoms with Crippen LogP contribution in [0.25, 0.3) is 23.1 Å². The van der Waals surface area contributed by atoms with Gasteiger partial charge in [-0.3, -0.25) is 14.8 Å². The molecule has 4 aromatic rings. The van der Waals surface area contributed by atoms with Crippen LogP contribution < -0.4 is 5.32 Å². The van der Waals surface area contributed by atoms with E-state index >= 15 is 0 Å². The van der Waals surface area contributed by atoms with E-state index in [0.29, 0.717) is 0 Å². The first-order valence-electron chi connectivity index (χ1n) is 13.5. The molecule has 2 unspecified atom stereocenters. The molecular formula is C32H32N4O2. The molecule has 3 aromatic carbocycles. The van der Waals surface area contributed by atoms with E-state index in [1.165, 1.54) is 11.1 Å². The number of anilines is 1. The number of H-pyrrole nitrogens is 1. The highest BCUT2D eigenvalue weighted by atomic mass is 16.5. The van der Waals surface area contributed by atoms with Crippen LogP contribution in [0.15, 0.2) is 66.7 Å². The van der Waals surface area contributed by atoms with Gasteiger partial charge in [0.15, 0.2) is 0 Å². The van der Waals surface area contributed by atoms with Crippen LogP contribution in [0.5, 0.6) is 0 Å². The number of hydrogen-bond acceptors (Lipinski definition) is 4. The number of nitrogens with zero attached hydrogens (tertiary/aromatic N) is 2. The van der Waals surface area contributed by atoms with Crippen molar-refractivity contribution in [2.75, 3.05) is 31.6 Å². The minimum absolute atomic E-state index is 0.0243. The summed E-state index contributed by atoms with van der Waals surface area (Å²) in [5, 5.41) is 11.9. The molecule has 3 aliphatic rings. The standard InChI is InChI=1S/C32H32N4O2/c1-31(2,36-15-17-38-18-16-36)23-11-7-21(8-12-23)9-14-27-24-13-10-22(19-29(24)35-34-27)26-20-32(26)25-5-3-4-6-28(25)33-30(32)37/h3-14,19,26H,15-18,20H2,1-2H3,(H,33,37)(H,34,35)/b14-9+. The molecule has 6 nitrogen and oxygen atoms in total. The smallest absolute Gasteiger partial charge is 0.235 e. The summed E-state index contributed by atoms with van der Waals surface area (Å²) in [5.41, 5.74) is 7.18. The number of hydrogen-bond donors (Lipinski definition) is 2. The highest BCUT2D eigenvalue weighted by Gasteiger charge is 2.65. The SMILES string of the molecule is CC(C)(c1ccc(/C=C/c2n[nH]c3cc(C4CC45C(=O)Nc4ccccc45)ccc23)cc1)N1CCOCC1. The normalized spacial score (nSPS) is 23.3. The number of benzene rings is 3. The molecular weight excluding hydrogens is 472 g/mol. The van der Waals surface area contributed by atoms with Gasteiger partial charge in [-0.25, -0.2) is 0 Å². The second-order valence-electron chi connectivity index (χ2n) is 11.3. The van der Waals surface area contributed by atoms with Gasteiger partial charge >= 0.3 is 0 Å². The second kappa shape index (κ2) is 8.65. The monoisotopic (exact) mass is 504 g/mol. The lowest BCUT2D eigenvalue weighted by Crippen LogP contribution is -2.47. The number of carbonyl (C=O) groups excluding carboxylic acids is 1. The van der Waals surface area contributed by atoms with Crippen LogP contribution in [0.4, 0.5) is 5.69 Å². The van der Waals surface area contributed by atoms with Crippen molar-refractivity contribution in [1.82, 2.24) is 15.1 Å². The molecule has 1 amide bonds. The Bertz CT molecular complexity index is 1560. The number of aromatic amines is 1. The van der Waals surface area contributed by atoms with Crippen molar-refractivity contribution in [3.05, 3.63) is 94.7 Å². The predicted molar refractivity (Wildman–Crippen MR) is 151 cm³/mol. The predicted octanol–water partition coefficient (Wildman–Crippen LogP) is 5.68. The maximum Gasteiger partial charge on any atom is 0.235 e. The Balaban J connectivity index is 1.09. The van der Waals surface area contributed by atoms with E-state index in [9.17, 15) is 4.79 Å². The average Bonchev–Trinajstić information content (AvgIpc) is 3.48. The van der Waals surface area contributed by atoms with Crippen molar-refractivity contribution in [1.29, 1.82) is 0 Å². The highest BCUT2D eigenvalue weighted by Crippen LogP contribution is 2.65. The van der Waals surface area contributed by atoms with Crippen LogP contribution in [0.1, 0.15) is 54.1 Å². The quantitative estimate of drug-likeness (QED) is 0.367. The third-order valence-electron chi connectivity index (χ3n) is 8.89. The van der Waals surface area contributed by atoms with Gasteiger partial charge in [0.1, 0.15) is 0 Å². The number of aromatic nitrogens is 2. The number of para-hydroxylation sites is 1. The summed E-state index contributed by atoms with van der Waals surface area (Å²) >= 11 is 0. The van der Waals surface area contributed by atoms with Gasteiger partial charge < -0.3 is 10.1 Å². The van der Waals surface area contributed by atoms with Crippen LogP contribution >= 0.6 is 0 Å². The van der Waals surface area contributed by atoms with Gasteiger partial charge in [0, 0.05) is 35.6 Å². The number of fused-ring (bicyclic) bond motifs is 3. The number of amides is 1. The third kappa shape index (κ3) is 3.62. The zero-order valence-corrected chi connectivity index (χ0v) is 21.8. The molecule has 1 aromatic heterocycles. The Kier molecular flexibility index (Phi) is 5.32. The van der Waals surface area contributed by atoms with E-state index in [1.807, 2.05) is 18.2 Å². The zero-order chi connectivity index (χ0) is 25.9. The summed E-state index contributed by atoms with van der Waals surface area (Å²) in [6.45, 7) is 8.10. The summed E-state index contributed by atoms with van der Waals surface area (Å²) in [6, 6.07) is 23.3.